The Labute approximate surface area is 136 Å². The van der Waals surface area contributed by atoms with E-state index < -0.39 is 6.09 Å². The molecule has 2 rings (SSSR count). The highest BCUT2D eigenvalue weighted by atomic mass is 16.5. The van der Waals surface area contributed by atoms with E-state index in [9.17, 15) is 4.79 Å². The minimum absolute atomic E-state index is 0.263. The summed E-state index contributed by atoms with van der Waals surface area (Å²) < 4.78 is 10.4. The lowest BCUT2D eigenvalue weighted by Crippen LogP contribution is -2.24. The fourth-order valence-corrected chi connectivity index (χ4v) is 1.84. The highest BCUT2D eigenvalue weighted by molar-refractivity contribution is 5.67. The number of aromatic nitrogens is 1. The average Bonchev–Trinajstić information content (AvgIpc) is 2.59. The van der Waals surface area contributed by atoms with E-state index in [1.165, 1.54) is 0 Å². The van der Waals surface area contributed by atoms with Crippen molar-refractivity contribution in [3.8, 4) is 5.88 Å². The van der Waals surface area contributed by atoms with Gasteiger partial charge in [0.2, 0.25) is 5.88 Å². The zero-order chi connectivity index (χ0) is 16.3. The zero-order valence-corrected chi connectivity index (χ0v) is 13.1. The molecule has 2 aromatic rings. The van der Waals surface area contributed by atoms with Gasteiger partial charge in [-0.05, 0) is 24.1 Å². The summed E-state index contributed by atoms with van der Waals surface area (Å²) in [6.07, 6.45) is 4.99. The second-order valence-electron chi connectivity index (χ2n) is 4.71. The predicted molar refractivity (Wildman–Crippen MR) is 89.1 cm³/mol. The molecule has 1 aromatic carbocycles. The van der Waals surface area contributed by atoms with Crippen LogP contribution in [-0.2, 0) is 11.3 Å². The van der Waals surface area contributed by atoms with Crippen molar-refractivity contribution in [1.82, 2.24) is 10.3 Å². The Hall–Kier alpha value is -2.82. The van der Waals surface area contributed by atoms with E-state index in [4.69, 9.17) is 9.47 Å². The normalized spacial score (nSPS) is 10.5. The first kappa shape index (κ1) is 16.5. The molecule has 0 aliphatic rings. The molecule has 0 saturated heterocycles. The number of nitrogens with one attached hydrogen (secondary N) is 1. The van der Waals surface area contributed by atoms with E-state index in [1.54, 1.807) is 6.20 Å². The van der Waals surface area contributed by atoms with Crippen molar-refractivity contribution in [3.05, 3.63) is 65.9 Å². The standard InChI is InChI=1S/C18H20N2O3/c1-2-22-17-11-10-15(13-20-17)9-6-12-19-18(21)23-14-16-7-4-3-5-8-16/h3-11,13H,2,12,14H2,1H3,(H,19,21). The van der Waals surface area contributed by atoms with Gasteiger partial charge in [0.05, 0.1) is 6.61 Å². The number of hydrogen-bond donors (Lipinski definition) is 1. The first-order valence-electron chi connectivity index (χ1n) is 7.48. The maximum atomic E-state index is 11.5. The number of alkyl carbamates (subject to hydrolysis) is 1. The molecular weight excluding hydrogens is 292 g/mol. The molecule has 0 aliphatic carbocycles. The lowest BCUT2D eigenvalue weighted by molar-refractivity contribution is 0.141. The molecule has 0 saturated carbocycles. The van der Waals surface area contributed by atoms with E-state index in [2.05, 4.69) is 10.3 Å². The van der Waals surface area contributed by atoms with Crippen LogP contribution in [0, 0.1) is 0 Å². The van der Waals surface area contributed by atoms with Gasteiger partial charge in [0.15, 0.2) is 0 Å². The molecule has 5 nitrogen and oxygen atoms in total. The molecule has 0 unspecified atom stereocenters. The second-order valence-corrected chi connectivity index (χ2v) is 4.71. The number of carbonyl (C=O) groups excluding carboxylic acids is 1. The fraction of sp³-hybridized carbons (Fsp3) is 0.222. The van der Waals surface area contributed by atoms with Crippen molar-refractivity contribution in [2.75, 3.05) is 13.2 Å². The Bertz CT molecular complexity index is 624. The molecule has 0 radical (unpaired) electrons. The molecule has 1 heterocycles. The Kier molecular flexibility index (Phi) is 6.65. The van der Waals surface area contributed by atoms with Gasteiger partial charge in [0.25, 0.3) is 0 Å². The van der Waals surface area contributed by atoms with Gasteiger partial charge < -0.3 is 14.8 Å². The molecule has 120 valence electrons. The Morgan fingerprint density at radius 3 is 2.74 bits per heavy atom. The van der Waals surface area contributed by atoms with E-state index in [-0.39, 0.29) is 6.61 Å². The highest BCUT2D eigenvalue weighted by Gasteiger charge is 2.00. The zero-order valence-electron chi connectivity index (χ0n) is 13.1. The predicted octanol–water partition coefficient (Wildman–Crippen LogP) is 3.42. The Morgan fingerprint density at radius 2 is 2.04 bits per heavy atom. The number of carbonyl (C=O) groups is 1. The molecule has 0 bridgehead atoms. The lowest BCUT2D eigenvalue weighted by atomic mass is 10.2. The Balaban J connectivity index is 1.68. The third-order valence-corrected chi connectivity index (χ3v) is 2.94. The molecule has 0 atom stereocenters. The van der Waals surface area contributed by atoms with E-state index >= 15 is 0 Å². The molecular formula is C18H20N2O3. The first-order valence-corrected chi connectivity index (χ1v) is 7.48. The number of pyridine rings is 1. The number of amides is 1. The summed E-state index contributed by atoms with van der Waals surface area (Å²) in [5, 5.41) is 2.66. The van der Waals surface area contributed by atoms with Crippen LogP contribution in [0.1, 0.15) is 18.1 Å². The molecule has 1 N–H and O–H groups in total. The van der Waals surface area contributed by atoms with Crippen LogP contribution in [0.15, 0.2) is 54.7 Å². The van der Waals surface area contributed by atoms with Gasteiger partial charge in [-0.1, -0.05) is 42.5 Å². The summed E-state index contributed by atoms with van der Waals surface area (Å²) in [5.74, 6) is 0.604. The van der Waals surface area contributed by atoms with E-state index in [1.807, 2.05) is 61.5 Å². The quantitative estimate of drug-likeness (QED) is 0.851. The SMILES string of the molecule is CCOc1ccc(C=CCNC(=O)OCc2ccccc2)cn1. The third-order valence-electron chi connectivity index (χ3n) is 2.94. The topological polar surface area (TPSA) is 60.5 Å². The van der Waals surface area contributed by atoms with Crippen molar-refractivity contribution in [2.24, 2.45) is 0 Å². The summed E-state index contributed by atoms with van der Waals surface area (Å²) in [6.45, 7) is 3.16. The largest absolute Gasteiger partial charge is 0.478 e. The lowest BCUT2D eigenvalue weighted by Gasteiger charge is -2.05. The van der Waals surface area contributed by atoms with Gasteiger partial charge in [-0.25, -0.2) is 9.78 Å². The van der Waals surface area contributed by atoms with Crippen molar-refractivity contribution in [3.63, 3.8) is 0 Å². The molecule has 23 heavy (non-hydrogen) atoms. The smallest absolute Gasteiger partial charge is 0.407 e. The van der Waals surface area contributed by atoms with Crippen LogP contribution in [0.25, 0.3) is 6.08 Å². The summed E-state index contributed by atoms with van der Waals surface area (Å²) in [5.41, 5.74) is 1.89. The molecule has 0 fully saturated rings. The third kappa shape index (κ3) is 6.22. The summed E-state index contributed by atoms with van der Waals surface area (Å²) in [7, 11) is 0. The molecule has 1 aromatic heterocycles. The van der Waals surface area contributed by atoms with Crippen molar-refractivity contribution in [1.29, 1.82) is 0 Å². The number of rotatable bonds is 7. The summed E-state index contributed by atoms with van der Waals surface area (Å²) in [6, 6.07) is 13.3. The van der Waals surface area contributed by atoms with E-state index in [0.717, 1.165) is 11.1 Å². The summed E-state index contributed by atoms with van der Waals surface area (Å²) in [4.78, 5) is 15.7. The minimum atomic E-state index is -0.441. The maximum Gasteiger partial charge on any atom is 0.407 e. The van der Waals surface area contributed by atoms with Crippen LogP contribution in [0.3, 0.4) is 0 Å². The first-order chi connectivity index (χ1) is 11.3. The van der Waals surface area contributed by atoms with Crippen LogP contribution in [-0.4, -0.2) is 24.2 Å². The number of nitrogens with zero attached hydrogens (tertiary/aromatic N) is 1. The maximum absolute atomic E-state index is 11.5. The van der Waals surface area contributed by atoms with Gasteiger partial charge in [0, 0.05) is 18.8 Å². The molecule has 0 spiro atoms. The summed E-state index contributed by atoms with van der Waals surface area (Å²) >= 11 is 0. The van der Waals surface area contributed by atoms with Crippen molar-refractivity contribution >= 4 is 12.2 Å². The highest BCUT2D eigenvalue weighted by Crippen LogP contribution is 2.08. The van der Waals surface area contributed by atoms with Gasteiger partial charge in [-0.15, -0.1) is 0 Å². The Morgan fingerprint density at radius 1 is 1.22 bits per heavy atom. The van der Waals surface area contributed by atoms with Crippen LogP contribution < -0.4 is 10.1 Å². The molecule has 5 heteroatoms. The van der Waals surface area contributed by atoms with Crippen LogP contribution in [0.2, 0.25) is 0 Å². The van der Waals surface area contributed by atoms with Crippen LogP contribution >= 0.6 is 0 Å². The van der Waals surface area contributed by atoms with Crippen LogP contribution in [0.4, 0.5) is 4.79 Å². The van der Waals surface area contributed by atoms with E-state index in [0.29, 0.717) is 19.0 Å². The van der Waals surface area contributed by atoms with Crippen molar-refractivity contribution < 1.29 is 14.3 Å². The minimum Gasteiger partial charge on any atom is -0.478 e. The average molecular weight is 312 g/mol. The molecule has 0 aliphatic heterocycles. The van der Waals surface area contributed by atoms with Gasteiger partial charge in [0.1, 0.15) is 6.61 Å². The monoisotopic (exact) mass is 312 g/mol. The number of ether oxygens (including phenoxy) is 2. The fourth-order valence-electron chi connectivity index (χ4n) is 1.84. The van der Waals surface area contributed by atoms with Gasteiger partial charge in [-0.3, -0.25) is 0 Å². The second kappa shape index (κ2) is 9.25. The molecule has 1 amide bonds. The number of hydrogen-bond acceptors (Lipinski definition) is 4. The van der Waals surface area contributed by atoms with Gasteiger partial charge in [-0.2, -0.15) is 0 Å². The number of benzene rings is 1. The van der Waals surface area contributed by atoms with Crippen LogP contribution in [0.5, 0.6) is 5.88 Å². The van der Waals surface area contributed by atoms with Gasteiger partial charge >= 0.3 is 6.09 Å². The van der Waals surface area contributed by atoms with Crippen molar-refractivity contribution in [2.45, 2.75) is 13.5 Å².